The van der Waals surface area contributed by atoms with Gasteiger partial charge in [0.05, 0.1) is 15.0 Å². The van der Waals surface area contributed by atoms with Crippen molar-refractivity contribution in [2.45, 2.75) is 46.5 Å². The zero-order valence-electron chi connectivity index (χ0n) is 13.2. The fraction of sp³-hybridized carbons (Fsp3) is 0.500. The third kappa shape index (κ3) is 3.83. The summed E-state index contributed by atoms with van der Waals surface area (Å²) in [7, 11) is 0. The predicted octanol–water partition coefficient (Wildman–Crippen LogP) is 5.40. The Balaban J connectivity index is 2.40. The van der Waals surface area contributed by atoms with E-state index in [1.165, 1.54) is 4.88 Å². The Morgan fingerprint density at radius 1 is 1.24 bits per heavy atom. The van der Waals surface area contributed by atoms with Crippen LogP contribution in [0.25, 0.3) is 10.7 Å². The van der Waals surface area contributed by atoms with E-state index in [4.69, 9.17) is 0 Å². The fourth-order valence-electron chi connectivity index (χ4n) is 1.89. The lowest BCUT2D eigenvalue weighted by atomic mass is 9.95. The number of anilines is 1. The van der Waals surface area contributed by atoms with Crippen LogP contribution < -0.4 is 5.32 Å². The van der Waals surface area contributed by atoms with E-state index in [1.54, 1.807) is 11.3 Å². The first kappa shape index (κ1) is 16.4. The van der Waals surface area contributed by atoms with E-state index in [0.29, 0.717) is 0 Å². The highest BCUT2D eigenvalue weighted by Crippen LogP contribution is 2.35. The zero-order chi connectivity index (χ0) is 15.6. The van der Waals surface area contributed by atoms with Gasteiger partial charge in [0.15, 0.2) is 5.82 Å². The number of halogens is 1. The summed E-state index contributed by atoms with van der Waals surface area (Å²) >= 11 is 5.34. The van der Waals surface area contributed by atoms with E-state index in [1.807, 2.05) is 6.92 Å². The fourth-order valence-corrected chi connectivity index (χ4v) is 3.21. The van der Waals surface area contributed by atoms with Crippen LogP contribution in [0, 0.1) is 6.92 Å². The minimum absolute atomic E-state index is 0.163. The number of aromatic nitrogens is 2. The molecule has 0 aliphatic carbocycles. The normalized spacial score (nSPS) is 11.7. The summed E-state index contributed by atoms with van der Waals surface area (Å²) in [6.07, 6.45) is 1.07. The van der Waals surface area contributed by atoms with Crippen molar-refractivity contribution in [2.75, 3.05) is 11.9 Å². The molecule has 0 saturated carbocycles. The molecule has 2 heterocycles. The van der Waals surface area contributed by atoms with Crippen LogP contribution in [0.5, 0.6) is 0 Å². The molecule has 5 heteroatoms. The number of hydrogen-bond acceptors (Lipinski definition) is 4. The molecule has 0 aliphatic heterocycles. The minimum Gasteiger partial charge on any atom is -0.369 e. The highest BCUT2D eigenvalue weighted by molar-refractivity contribution is 9.10. The van der Waals surface area contributed by atoms with Crippen LogP contribution in [0.15, 0.2) is 16.6 Å². The number of hydrogen-bond donors (Lipinski definition) is 1. The van der Waals surface area contributed by atoms with Gasteiger partial charge in [0, 0.05) is 11.4 Å². The van der Waals surface area contributed by atoms with Crippen LogP contribution in [0.3, 0.4) is 0 Å². The number of aryl methyl sites for hydroxylation is 1. The molecule has 3 nitrogen and oxygen atoms in total. The second-order valence-corrected chi connectivity index (χ2v) is 8.01. The molecule has 0 fully saturated rings. The first-order chi connectivity index (χ1) is 9.82. The Bertz CT molecular complexity index is 629. The Labute approximate surface area is 139 Å². The molecule has 2 aromatic heterocycles. The molecule has 2 rings (SSSR count). The molecule has 114 valence electrons. The summed E-state index contributed by atoms with van der Waals surface area (Å²) in [5.74, 6) is 1.68. The summed E-state index contributed by atoms with van der Waals surface area (Å²) < 4.78 is 0.951. The molecule has 0 amide bonds. The van der Waals surface area contributed by atoms with Gasteiger partial charge in [-0.1, -0.05) is 27.7 Å². The third-order valence-electron chi connectivity index (χ3n) is 3.12. The molecule has 0 bridgehead atoms. The molecule has 0 unspecified atom stereocenters. The van der Waals surface area contributed by atoms with Crippen LogP contribution in [0.4, 0.5) is 5.82 Å². The van der Waals surface area contributed by atoms with Gasteiger partial charge in [-0.05, 0) is 46.8 Å². The largest absolute Gasteiger partial charge is 0.369 e. The monoisotopic (exact) mass is 367 g/mol. The quantitative estimate of drug-likeness (QED) is 0.786. The molecular weight excluding hydrogens is 346 g/mol. The summed E-state index contributed by atoms with van der Waals surface area (Å²) in [6, 6.07) is 4.30. The van der Waals surface area contributed by atoms with E-state index in [2.05, 4.69) is 71.0 Å². The average molecular weight is 368 g/mol. The van der Waals surface area contributed by atoms with Gasteiger partial charge in [-0.25, -0.2) is 9.97 Å². The first-order valence-corrected chi connectivity index (χ1v) is 8.82. The molecule has 1 N–H and O–H groups in total. The van der Waals surface area contributed by atoms with Gasteiger partial charge in [0.2, 0.25) is 0 Å². The van der Waals surface area contributed by atoms with Crippen molar-refractivity contribution in [3.8, 4) is 10.7 Å². The van der Waals surface area contributed by atoms with E-state index in [9.17, 15) is 0 Å². The summed E-state index contributed by atoms with van der Waals surface area (Å²) in [5.41, 5.74) is 1.13. The second-order valence-electron chi connectivity index (χ2n) is 6.14. The Hall–Kier alpha value is -0.940. The first-order valence-electron chi connectivity index (χ1n) is 7.21. The van der Waals surface area contributed by atoms with Crippen molar-refractivity contribution < 1.29 is 0 Å². The van der Waals surface area contributed by atoms with E-state index < -0.39 is 0 Å². The van der Waals surface area contributed by atoms with Gasteiger partial charge in [-0.15, -0.1) is 11.3 Å². The summed E-state index contributed by atoms with van der Waals surface area (Å²) in [4.78, 5) is 11.8. The van der Waals surface area contributed by atoms with Gasteiger partial charge in [0.1, 0.15) is 5.82 Å². The van der Waals surface area contributed by atoms with Crippen LogP contribution in [-0.2, 0) is 5.41 Å². The highest BCUT2D eigenvalue weighted by Gasteiger charge is 2.18. The third-order valence-corrected chi connectivity index (χ3v) is 5.58. The molecule has 0 radical (unpaired) electrons. The van der Waals surface area contributed by atoms with Gasteiger partial charge < -0.3 is 5.32 Å². The SMILES string of the molecule is CCCNc1nc(-c2ccc(C(C)(C)C)s2)nc(C)c1Br. The number of rotatable bonds is 4. The Kier molecular flexibility index (Phi) is 5.04. The Morgan fingerprint density at radius 3 is 2.52 bits per heavy atom. The van der Waals surface area contributed by atoms with E-state index >= 15 is 0 Å². The smallest absolute Gasteiger partial charge is 0.171 e. The minimum atomic E-state index is 0.163. The lowest BCUT2D eigenvalue weighted by molar-refractivity contribution is 0.604. The van der Waals surface area contributed by atoms with Crippen molar-refractivity contribution in [2.24, 2.45) is 0 Å². The second kappa shape index (κ2) is 6.44. The maximum absolute atomic E-state index is 4.68. The number of nitrogens with one attached hydrogen (secondary N) is 1. The average Bonchev–Trinajstić information content (AvgIpc) is 2.90. The summed E-state index contributed by atoms with van der Waals surface area (Å²) in [5, 5.41) is 3.36. The zero-order valence-corrected chi connectivity index (χ0v) is 15.7. The van der Waals surface area contributed by atoms with Crippen LogP contribution in [0.1, 0.15) is 44.7 Å². The van der Waals surface area contributed by atoms with Crippen molar-refractivity contribution in [1.82, 2.24) is 9.97 Å². The van der Waals surface area contributed by atoms with Crippen LogP contribution in [0.2, 0.25) is 0 Å². The topological polar surface area (TPSA) is 37.8 Å². The molecule has 21 heavy (non-hydrogen) atoms. The van der Waals surface area contributed by atoms with Crippen molar-refractivity contribution in [3.05, 3.63) is 27.2 Å². The maximum Gasteiger partial charge on any atom is 0.171 e. The lowest BCUT2D eigenvalue weighted by Crippen LogP contribution is -2.07. The maximum atomic E-state index is 4.68. The van der Waals surface area contributed by atoms with Crippen LogP contribution >= 0.6 is 27.3 Å². The molecule has 0 spiro atoms. The van der Waals surface area contributed by atoms with Gasteiger partial charge in [0.25, 0.3) is 0 Å². The Morgan fingerprint density at radius 2 is 1.95 bits per heavy atom. The highest BCUT2D eigenvalue weighted by atomic mass is 79.9. The molecule has 0 saturated heterocycles. The standard InChI is InChI=1S/C16H22BrN3S/c1-6-9-18-15-13(17)10(2)19-14(20-15)11-7-8-12(21-11)16(3,4)5/h7-8H,6,9H2,1-5H3,(H,18,19,20). The van der Waals surface area contributed by atoms with Crippen molar-refractivity contribution in [1.29, 1.82) is 0 Å². The van der Waals surface area contributed by atoms with Gasteiger partial charge >= 0.3 is 0 Å². The van der Waals surface area contributed by atoms with E-state index in [-0.39, 0.29) is 5.41 Å². The lowest BCUT2D eigenvalue weighted by Gasteiger charge is -2.15. The van der Waals surface area contributed by atoms with Gasteiger partial charge in [-0.3, -0.25) is 0 Å². The molecule has 0 atom stereocenters. The molecule has 0 aliphatic rings. The van der Waals surface area contributed by atoms with Crippen LogP contribution in [-0.4, -0.2) is 16.5 Å². The molecule has 2 aromatic rings. The van der Waals surface area contributed by atoms with E-state index in [0.717, 1.165) is 39.7 Å². The molecular formula is C16H22BrN3S. The number of thiophene rings is 1. The van der Waals surface area contributed by atoms with Crippen molar-refractivity contribution in [3.63, 3.8) is 0 Å². The molecule has 0 aromatic carbocycles. The van der Waals surface area contributed by atoms with Crippen molar-refractivity contribution >= 4 is 33.1 Å². The van der Waals surface area contributed by atoms with Gasteiger partial charge in [-0.2, -0.15) is 0 Å². The predicted molar refractivity (Wildman–Crippen MR) is 95.3 cm³/mol. The summed E-state index contributed by atoms with van der Waals surface area (Å²) in [6.45, 7) is 11.7. The number of nitrogens with zero attached hydrogens (tertiary/aromatic N) is 2.